The molecule has 0 saturated carbocycles. The highest BCUT2D eigenvalue weighted by Crippen LogP contribution is 2.17. The van der Waals surface area contributed by atoms with Gasteiger partial charge in [-0.05, 0) is 26.0 Å². The van der Waals surface area contributed by atoms with E-state index >= 15 is 0 Å². The minimum atomic E-state index is -3.56. The molecule has 0 heterocycles. The third-order valence-corrected chi connectivity index (χ3v) is 4.31. The van der Waals surface area contributed by atoms with Crippen molar-refractivity contribution in [1.82, 2.24) is 4.31 Å². The van der Waals surface area contributed by atoms with Crippen LogP contribution in [0.3, 0.4) is 0 Å². The lowest BCUT2D eigenvalue weighted by Gasteiger charge is -2.21. The van der Waals surface area contributed by atoms with Crippen LogP contribution in [0.25, 0.3) is 0 Å². The topological polar surface area (TPSA) is 57.6 Å². The second-order valence-corrected chi connectivity index (χ2v) is 6.27. The molecule has 1 rings (SSSR count). The largest absolute Gasteiger partial charge is 0.395 e. The molecule has 1 aromatic carbocycles. The Balaban J connectivity index is 3.08. The number of aliphatic hydroxyl groups excluding tert-OH is 1. The summed E-state index contributed by atoms with van der Waals surface area (Å²) in [4.78, 5) is 0.239. The molecule has 1 N–H and O–H groups in total. The van der Waals surface area contributed by atoms with E-state index in [2.05, 4.69) is 6.58 Å². The molecular weight excluding hydrogens is 250 g/mol. The lowest BCUT2D eigenvalue weighted by atomic mass is 10.2. The summed E-state index contributed by atoms with van der Waals surface area (Å²) in [5.74, 6) is 0. The zero-order chi connectivity index (χ0) is 13.8. The van der Waals surface area contributed by atoms with E-state index in [0.717, 1.165) is 11.1 Å². The molecular formula is C13H19NO3S. The van der Waals surface area contributed by atoms with Crippen molar-refractivity contribution >= 4 is 10.0 Å². The Morgan fingerprint density at radius 2 is 1.89 bits per heavy atom. The predicted molar refractivity (Wildman–Crippen MR) is 71.8 cm³/mol. The smallest absolute Gasteiger partial charge is 0.243 e. The van der Waals surface area contributed by atoms with Gasteiger partial charge in [-0.25, -0.2) is 8.42 Å². The van der Waals surface area contributed by atoms with Gasteiger partial charge in [0, 0.05) is 13.1 Å². The molecule has 18 heavy (non-hydrogen) atoms. The molecule has 0 amide bonds. The van der Waals surface area contributed by atoms with E-state index in [-0.39, 0.29) is 24.6 Å². The van der Waals surface area contributed by atoms with E-state index in [4.69, 9.17) is 5.11 Å². The zero-order valence-corrected chi connectivity index (χ0v) is 11.6. The summed E-state index contributed by atoms with van der Waals surface area (Å²) in [5, 5.41) is 8.97. The number of sulfonamides is 1. The average Bonchev–Trinajstić information content (AvgIpc) is 2.28. The molecule has 4 nitrogen and oxygen atoms in total. The van der Waals surface area contributed by atoms with Gasteiger partial charge < -0.3 is 5.11 Å². The second kappa shape index (κ2) is 6.13. The average molecular weight is 269 g/mol. The fraction of sp³-hybridized carbons (Fsp3) is 0.385. The van der Waals surface area contributed by atoms with E-state index in [1.165, 1.54) is 4.31 Å². The quantitative estimate of drug-likeness (QED) is 0.797. The summed E-state index contributed by atoms with van der Waals surface area (Å²) in [5.41, 5.74) is 1.74. The molecule has 0 aliphatic rings. The highest BCUT2D eigenvalue weighted by Gasteiger charge is 2.23. The fourth-order valence-corrected chi connectivity index (χ4v) is 3.05. The standard InChI is InChI=1S/C13H19NO3S/c1-11(2)10-14(8-9-15)18(16,17)13-6-4-12(3)5-7-13/h4-7,15H,1,8-10H2,2-3H3. The van der Waals surface area contributed by atoms with Crippen molar-refractivity contribution in [2.75, 3.05) is 19.7 Å². The Hall–Kier alpha value is -1.17. The third-order valence-electron chi connectivity index (χ3n) is 2.45. The highest BCUT2D eigenvalue weighted by atomic mass is 32.2. The van der Waals surface area contributed by atoms with Gasteiger partial charge in [0.2, 0.25) is 10.0 Å². The van der Waals surface area contributed by atoms with Crippen LogP contribution in [0.5, 0.6) is 0 Å². The van der Waals surface area contributed by atoms with E-state index in [9.17, 15) is 8.42 Å². The van der Waals surface area contributed by atoms with Crippen LogP contribution in [-0.4, -0.2) is 37.5 Å². The summed E-state index contributed by atoms with van der Waals surface area (Å²) in [6.07, 6.45) is 0. The van der Waals surface area contributed by atoms with Crippen LogP contribution in [0.15, 0.2) is 41.3 Å². The van der Waals surface area contributed by atoms with Gasteiger partial charge in [-0.3, -0.25) is 0 Å². The maximum Gasteiger partial charge on any atom is 0.243 e. The molecule has 0 saturated heterocycles. The highest BCUT2D eigenvalue weighted by molar-refractivity contribution is 7.89. The third kappa shape index (κ3) is 3.66. The summed E-state index contributed by atoms with van der Waals surface area (Å²) >= 11 is 0. The van der Waals surface area contributed by atoms with E-state index in [0.29, 0.717) is 0 Å². The number of hydrogen-bond donors (Lipinski definition) is 1. The monoisotopic (exact) mass is 269 g/mol. The number of hydrogen-bond acceptors (Lipinski definition) is 3. The van der Waals surface area contributed by atoms with Gasteiger partial charge in [0.05, 0.1) is 11.5 Å². The summed E-state index contributed by atoms with van der Waals surface area (Å²) in [6, 6.07) is 6.66. The summed E-state index contributed by atoms with van der Waals surface area (Å²) in [6.45, 7) is 7.45. The van der Waals surface area contributed by atoms with Crippen LogP contribution in [-0.2, 0) is 10.0 Å². The van der Waals surface area contributed by atoms with Crippen molar-refractivity contribution in [3.05, 3.63) is 42.0 Å². The molecule has 0 bridgehead atoms. The number of rotatable bonds is 6. The van der Waals surface area contributed by atoms with Crippen LogP contribution in [0.2, 0.25) is 0 Å². The van der Waals surface area contributed by atoms with Crippen molar-refractivity contribution in [1.29, 1.82) is 0 Å². The maximum atomic E-state index is 12.3. The summed E-state index contributed by atoms with van der Waals surface area (Å²) in [7, 11) is -3.56. The lowest BCUT2D eigenvalue weighted by Crippen LogP contribution is -2.34. The molecule has 0 fully saturated rings. The van der Waals surface area contributed by atoms with Gasteiger partial charge in [0.1, 0.15) is 0 Å². The molecule has 0 aliphatic heterocycles. The van der Waals surface area contributed by atoms with Crippen molar-refractivity contribution in [3.63, 3.8) is 0 Å². The summed E-state index contributed by atoms with van der Waals surface area (Å²) < 4.78 is 25.9. The molecule has 0 atom stereocenters. The van der Waals surface area contributed by atoms with Gasteiger partial charge >= 0.3 is 0 Å². The lowest BCUT2D eigenvalue weighted by molar-refractivity contribution is 0.259. The molecule has 0 spiro atoms. The Kier molecular flexibility index (Phi) is 5.07. The van der Waals surface area contributed by atoms with E-state index in [1.807, 2.05) is 6.92 Å². The number of nitrogens with zero attached hydrogens (tertiary/aromatic N) is 1. The minimum Gasteiger partial charge on any atom is -0.395 e. The molecule has 100 valence electrons. The Morgan fingerprint density at radius 3 is 2.33 bits per heavy atom. The zero-order valence-electron chi connectivity index (χ0n) is 10.8. The molecule has 0 aliphatic carbocycles. The van der Waals surface area contributed by atoms with Gasteiger partial charge in [-0.15, -0.1) is 0 Å². The Morgan fingerprint density at radius 1 is 1.33 bits per heavy atom. The van der Waals surface area contributed by atoms with Gasteiger partial charge in [0.25, 0.3) is 0 Å². The molecule has 0 aromatic heterocycles. The maximum absolute atomic E-state index is 12.3. The first-order valence-electron chi connectivity index (χ1n) is 5.70. The SMILES string of the molecule is C=C(C)CN(CCO)S(=O)(=O)c1ccc(C)cc1. The van der Waals surface area contributed by atoms with Crippen molar-refractivity contribution < 1.29 is 13.5 Å². The number of aryl methyl sites for hydroxylation is 1. The van der Waals surface area contributed by atoms with Gasteiger partial charge in [-0.2, -0.15) is 4.31 Å². The minimum absolute atomic E-state index is 0.0725. The van der Waals surface area contributed by atoms with Gasteiger partial charge in [-0.1, -0.05) is 29.8 Å². The van der Waals surface area contributed by atoms with Crippen molar-refractivity contribution in [2.24, 2.45) is 0 Å². The van der Waals surface area contributed by atoms with Gasteiger partial charge in [0.15, 0.2) is 0 Å². The molecule has 5 heteroatoms. The fourth-order valence-electron chi connectivity index (χ4n) is 1.56. The molecule has 0 radical (unpaired) electrons. The van der Waals surface area contributed by atoms with Crippen molar-refractivity contribution in [3.8, 4) is 0 Å². The first-order chi connectivity index (χ1) is 8.37. The predicted octanol–water partition coefficient (Wildman–Crippen LogP) is 1.55. The van der Waals surface area contributed by atoms with Crippen LogP contribution in [0.4, 0.5) is 0 Å². The number of benzene rings is 1. The van der Waals surface area contributed by atoms with Crippen LogP contribution in [0.1, 0.15) is 12.5 Å². The second-order valence-electron chi connectivity index (χ2n) is 4.33. The normalized spacial score (nSPS) is 11.8. The first kappa shape index (κ1) is 14.9. The van der Waals surface area contributed by atoms with E-state index in [1.54, 1.807) is 31.2 Å². The number of aliphatic hydroxyl groups is 1. The van der Waals surface area contributed by atoms with Crippen LogP contribution >= 0.6 is 0 Å². The Labute approximate surface area is 109 Å². The van der Waals surface area contributed by atoms with E-state index < -0.39 is 10.0 Å². The van der Waals surface area contributed by atoms with Crippen LogP contribution in [0, 0.1) is 6.92 Å². The molecule has 0 unspecified atom stereocenters. The van der Waals surface area contributed by atoms with Crippen molar-refractivity contribution in [2.45, 2.75) is 18.7 Å². The van der Waals surface area contributed by atoms with Crippen LogP contribution < -0.4 is 0 Å². The first-order valence-corrected chi connectivity index (χ1v) is 7.14. The molecule has 1 aromatic rings. The Bertz CT molecular complexity index is 506.